The van der Waals surface area contributed by atoms with Gasteiger partial charge in [0.2, 0.25) is 0 Å². The van der Waals surface area contributed by atoms with Gasteiger partial charge in [0, 0.05) is 29.2 Å². The van der Waals surface area contributed by atoms with E-state index in [0.29, 0.717) is 57.4 Å². The second-order valence-electron chi connectivity index (χ2n) is 6.14. The zero-order valence-electron chi connectivity index (χ0n) is 14.9. The number of carbonyl (C=O) groups is 1. The Kier molecular flexibility index (Phi) is 4.58. The van der Waals surface area contributed by atoms with Gasteiger partial charge in [-0.05, 0) is 36.4 Å². The Morgan fingerprint density at radius 2 is 2.14 bits per heavy atom. The molecule has 0 aliphatic carbocycles. The summed E-state index contributed by atoms with van der Waals surface area (Å²) in [5, 5.41) is 7.68. The lowest BCUT2D eigenvalue weighted by Crippen LogP contribution is -2.29. The Morgan fingerprint density at radius 3 is 2.89 bits per heavy atom. The minimum Gasteiger partial charge on any atom is -0.399 e. The molecule has 142 valence electrons. The van der Waals surface area contributed by atoms with Crippen molar-refractivity contribution in [3.63, 3.8) is 0 Å². The maximum atomic E-state index is 13.1. The maximum Gasteiger partial charge on any atom is 0.266 e. The van der Waals surface area contributed by atoms with Gasteiger partial charge in [0.05, 0.1) is 16.6 Å². The molecule has 0 bridgehead atoms. The van der Waals surface area contributed by atoms with Gasteiger partial charge in [0.1, 0.15) is 7.11 Å². The van der Waals surface area contributed by atoms with Gasteiger partial charge >= 0.3 is 0 Å². The molecule has 1 aliphatic heterocycles. The molecule has 1 aromatic heterocycles. The highest BCUT2D eigenvalue weighted by Crippen LogP contribution is 2.28. The number of carbonyl (C=O) groups excluding carboxylic acids is 1. The maximum absolute atomic E-state index is 13.1. The van der Waals surface area contributed by atoms with E-state index in [0.717, 1.165) is 0 Å². The number of halogens is 1. The first-order valence-corrected chi connectivity index (χ1v) is 8.90. The van der Waals surface area contributed by atoms with E-state index in [1.165, 1.54) is 11.7 Å². The van der Waals surface area contributed by atoms with Crippen LogP contribution in [-0.4, -0.2) is 41.4 Å². The fourth-order valence-corrected chi connectivity index (χ4v) is 3.36. The Bertz CT molecular complexity index is 1200. The molecule has 0 fully saturated rings. The van der Waals surface area contributed by atoms with Gasteiger partial charge in [-0.3, -0.25) is 14.2 Å². The van der Waals surface area contributed by atoms with Gasteiger partial charge in [-0.2, -0.15) is 0 Å². The first-order chi connectivity index (χ1) is 13.5. The molecule has 0 radical (unpaired) electrons. The molecule has 0 saturated carbocycles. The zero-order valence-corrected chi connectivity index (χ0v) is 15.7. The molecule has 0 spiro atoms. The number of hydrogen-bond acceptors (Lipinski definition) is 6. The Hall–Kier alpha value is -3.23. The number of rotatable bonds is 4. The van der Waals surface area contributed by atoms with Crippen LogP contribution >= 0.6 is 11.6 Å². The monoisotopic (exact) mass is 397 g/mol. The van der Waals surface area contributed by atoms with Crippen molar-refractivity contribution < 1.29 is 9.63 Å². The van der Waals surface area contributed by atoms with Crippen LogP contribution in [0.4, 0.5) is 0 Å². The van der Waals surface area contributed by atoms with E-state index >= 15 is 0 Å². The summed E-state index contributed by atoms with van der Waals surface area (Å²) in [5.74, 6) is 0.0642. The average molecular weight is 398 g/mol. The number of hydrogen-bond donors (Lipinski definition) is 2. The first kappa shape index (κ1) is 18.1. The standard InChI is InChI=1S/C19H16ClN5O3/c1-28-24-16-13-8-10(18(26)22-7-6-21)2-5-15(13)25-17(16)23-14-9-11(20)3-4-12(14)19(25)27/h2-5,8-9H,6-7,21H2,1H3,(H,22,26)/b24-16+. The molecule has 28 heavy (non-hydrogen) atoms. The number of aromatic nitrogens is 2. The molecule has 1 amide bonds. The lowest BCUT2D eigenvalue weighted by atomic mass is 10.1. The summed E-state index contributed by atoms with van der Waals surface area (Å²) < 4.78 is 1.46. The molecule has 2 heterocycles. The number of benzene rings is 2. The van der Waals surface area contributed by atoms with E-state index in [2.05, 4.69) is 15.5 Å². The summed E-state index contributed by atoms with van der Waals surface area (Å²) in [6.45, 7) is 0.704. The van der Waals surface area contributed by atoms with Gasteiger partial charge in [-0.1, -0.05) is 16.8 Å². The molecule has 0 atom stereocenters. The third-order valence-corrected chi connectivity index (χ3v) is 4.65. The summed E-state index contributed by atoms with van der Waals surface area (Å²) in [5.41, 5.74) is 7.59. The number of nitrogens with two attached hydrogens (primary N) is 1. The first-order valence-electron chi connectivity index (χ1n) is 8.52. The molecule has 0 saturated heterocycles. The lowest BCUT2D eigenvalue weighted by Gasteiger charge is -2.07. The summed E-state index contributed by atoms with van der Waals surface area (Å²) in [6, 6.07) is 9.90. The second kappa shape index (κ2) is 7.06. The number of oxime groups is 1. The van der Waals surface area contributed by atoms with Crippen molar-refractivity contribution in [1.29, 1.82) is 0 Å². The summed E-state index contributed by atoms with van der Waals surface area (Å²) >= 11 is 6.05. The lowest BCUT2D eigenvalue weighted by molar-refractivity contribution is 0.0954. The molecule has 8 nitrogen and oxygen atoms in total. The van der Waals surface area contributed by atoms with Gasteiger partial charge < -0.3 is 15.9 Å². The molecular weight excluding hydrogens is 382 g/mol. The minimum absolute atomic E-state index is 0.250. The molecule has 2 aromatic carbocycles. The van der Waals surface area contributed by atoms with Gasteiger partial charge in [-0.25, -0.2) is 4.98 Å². The molecule has 3 aromatic rings. The predicted molar refractivity (Wildman–Crippen MR) is 106 cm³/mol. The van der Waals surface area contributed by atoms with Crippen LogP contribution in [0.5, 0.6) is 0 Å². The van der Waals surface area contributed by atoms with Crippen LogP contribution in [0.3, 0.4) is 0 Å². The second-order valence-corrected chi connectivity index (χ2v) is 6.57. The van der Waals surface area contributed by atoms with Gasteiger partial charge in [0.15, 0.2) is 11.5 Å². The van der Waals surface area contributed by atoms with E-state index in [4.69, 9.17) is 22.2 Å². The van der Waals surface area contributed by atoms with Crippen LogP contribution in [-0.2, 0) is 4.84 Å². The van der Waals surface area contributed by atoms with Crippen LogP contribution in [0.1, 0.15) is 21.7 Å². The van der Waals surface area contributed by atoms with Crippen molar-refractivity contribution in [3.05, 3.63) is 68.7 Å². The van der Waals surface area contributed by atoms with Crippen LogP contribution in [0.25, 0.3) is 16.6 Å². The third kappa shape index (κ3) is 2.83. The highest BCUT2D eigenvalue weighted by molar-refractivity contribution is 6.31. The fraction of sp³-hybridized carbons (Fsp3) is 0.158. The van der Waals surface area contributed by atoms with Gasteiger partial charge in [-0.15, -0.1) is 0 Å². The zero-order chi connectivity index (χ0) is 19.8. The van der Waals surface area contributed by atoms with E-state index in [-0.39, 0.29) is 11.5 Å². The highest BCUT2D eigenvalue weighted by atomic mass is 35.5. The largest absolute Gasteiger partial charge is 0.399 e. The summed E-state index contributed by atoms with van der Waals surface area (Å²) in [6.07, 6.45) is 0. The van der Waals surface area contributed by atoms with E-state index < -0.39 is 0 Å². The molecule has 4 rings (SSSR count). The molecule has 9 heteroatoms. The van der Waals surface area contributed by atoms with Crippen molar-refractivity contribution >= 4 is 34.1 Å². The highest BCUT2D eigenvalue weighted by Gasteiger charge is 2.30. The Morgan fingerprint density at radius 1 is 1.32 bits per heavy atom. The molecule has 1 aliphatic rings. The van der Waals surface area contributed by atoms with E-state index in [1.54, 1.807) is 36.4 Å². The van der Waals surface area contributed by atoms with Crippen molar-refractivity contribution in [1.82, 2.24) is 14.9 Å². The number of nitrogens with zero attached hydrogens (tertiary/aromatic N) is 3. The Labute approximate surface area is 164 Å². The number of amides is 1. The minimum atomic E-state index is -0.266. The van der Waals surface area contributed by atoms with Crippen LogP contribution < -0.4 is 16.6 Å². The van der Waals surface area contributed by atoms with Crippen molar-refractivity contribution in [2.45, 2.75) is 0 Å². The summed E-state index contributed by atoms with van der Waals surface area (Å²) in [4.78, 5) is 34.9. The fourth-order valence-electron chi connectivity index (χ4n) is 3.19. The molecular formula is C19H16ClN5O3. The quantitative estimate of drug-likeness (QED) is 0.506. The topological polar surface area (TPSA) is 112 Å². The average Bonchev–Trinajstić information content (AvgIpc) is 2.99. The molecule has 3 N–H and O–H groups in total. The number of fused-ring (bicyclic) bond motifs is 4. The number of nitrogens with one attached hydrogen (secondary N) is 1. The van der Waals surface area contributed by atoms with Crippen molar-refractivity contribution in [2.24, 2.45) is 10.9 Å². The van der Waals surface area contributed by atoms with Crippen LogP contribution in [0.2, 0.25) is 5.02 Å². The smallest absolute Gasteiger partial charge is 0.266 e. The normalized spacial score (nSPS) is 13.5. The predicted octanol–water partition coefficient (Wildman–Crippen LogP) is 1.44. The van der Waals surface area contributed by atoms with Crippen molar-refractivity contribution in [2.75, 3.05) is 20.2 Å². The van der Waals surface area contributed by atoms with Crippen LogP contribution in [0.15, 0.2) is 46.3 Å². The van der Waals surface area contributed by atoms with E-state index in [9.17, 15) is 9.59 Å². The van der Waals surface area contributed by atoms with E-state index in [1.807, 2.05) is 0 Å². The SMILES string of the molecule is CO/N=C1\c2cc(C(=O)NCCN)ccc2-n2c1nc1cc(Cl)ccc1c2=O. The van der Waals surface area contributed by atoms with Crippen LogP contribution in [0, 0.1) is 0 Å². The summed E-state index contributed by atoms with van der Waals surface area (Å²) in [7, 11) is 1.41. The third-order valence-electron chi connectivity index (χ3n) is 4.41. The molecule has 0 unspecified atom stereocenters. The van der Waals surface area contributed by atoms with Crippen molar-refractivity contribution in [3.8, 4) is 5.69 Å². The van der Waals surface area contributed by atoms with Gasteiger partial charge in [0.25, 0.3) is 11.5 Å². The Balaban J connectivity index is 1.94.